The fraction of sp³-hybridized carbons (Fsp3) is 0.200. The molecule has 1 N–H and O–H groups in total. The van der Waals surface area contributed by atoms with Gasteiger partial charge in [-0.3, -0.25) is 0 Å². The van der Waals surface area contributed by atoms with Crippen LogP contribution < -0.4 is 4.90 Å². The summed E-state index contributed by atoms with van der Waals surface area (Å²) < 4.78 is 5.20. The fourth-order valence-corrected chi connectivity index (χ4v) is 1.38. The minimum Gasteiger partial charge on any atom is -0.409 e. The summed E-state index contributed by atoms with van der Waals surface area (Å²) in [7, 11) is 3.99. The van der Waals surface area contributed by atoms with Crippen LogP contribution in [0.2, 0.25) is 0 Å². The molecule has 1 aromatic heterocycles. The number of hydrogen-bond acceptors (Lipinski definition) is 4. The molecule has 0 atom stereocenters. The van der Waals surface area contributed by atoms with Crippen molar-refractivity contribution in [3.63, 3.8) is 0 Å². The number of rotatable bonds is 2. The number of H-pyrrole nitrogens is 1. The largest absolute Gasteiger partial charge is 0.409 e. The van der Waals surface area contributed by atoms with E-state index in [-0.39, 0.29) is 0 Å². The van der Waals surface area contributed by atoms with Gasteiger partial charge in [-0.15, -0.1) is 5.10 Å². The summed E-state index contributed by atoms with van der Waals surface area (Å²) in [5, 5.41) is 6.54. The standard InChI is InChI=1S/C10H11N3OS/c1-13(2)8-5-3-7(4-6-8)9-11-12-10(15)14-9/h3-6H,1-2H3,(H,12,15). The smallest absolute Gasteiger partial charge is 0.284 e. The second kappa shape index (κ2) is 3.86. The predicted octanol–water partition coefficient (Wildman–Crippen LogP) is 2.47. The number of benzene rings is 1. The average Bonchev–Trinajstić information content (AvgIpc) is 2.65. The number of anilines is 1. The molecule has 5 heteroatoms. The van der Waals surface area contributed by atoms with Crippen LogP contribution in [0.3, 0.4) is 0 Å². The molecule has 0 radical (unpaired) electrons. The van der Waals surface area contributed by atoms with E-state index in [0.29, 0.717) is 10.7 Å². The number of nitrogens with one attached hydrogen (secondary N) is 1. The Kier molecular flexibility index (Phi) is 2.55. The molecule has 0 unspecified atom stereocenters. The minimum atomic E-state index is 0.293. The van der Waals surface area contributed by atoms with E-state index >= 15 is 0 Å². The zero-order chi connectivity index (χ0) is 10.8. The van der Waals surface area contributed by atoms with Crippen molar-refractivity contribution in [1.82, 2.24) is 10.2 Å². The lowest BCUT2D eigenvalue weighted by Gasteiger charge is -2.11. The molecule has 0 spiro atoms. The lowest BCUT2D eigenvalue weighted by atomic mass is 10.2. The molecule has 1 heterocycles. The molecule has 1 aromatic carbocycles. The first-order valence-electron chi connectivity index (χ1n) is 4.50. The van der Waals surface area contributed by atoms with Crippen molar-refractivity contribution >= 4 is 17.9 Å². The van der Waals surface area contributed by atoms with Gasteiger partial charge in [-0.05, 0) is 36.5 Å². The van der Waals surface area contributed by atoms with Crippen molar-refractivity contribution in [1.29, 1.82) is 0 Å². The molecule has 0 saturated carbocycles. The molecule has 78 valence electrons. The van der Waals surface area contributed by atoms with Crippen LogP contribution in [0, 0.1) is 4.84 Å². The Morgan fingerprint density at radius 2 is 1.93 bits per heavy atom. The first kappa shape index (κ1) is 9.92. The molecule has 0 aliphatic carbocycles. The predicted molar refractivity (Wildman–Crippen MR) is 61.5 cm³/mol. The maximum atomic E-state index is 5.20. The highest BCUT2D eigenvalue weighted by atomic mass is 32.1. The molecule has 0 bridgehead atoms. The van der Waals surface area contributed by atoms with Crippen molar-refractivity contribution in [3.8, 4) is 11.5 Å². The summed E-state index contributed by atoms with van der Waals surface area (Å²) >= 11 is 4.81. The second-order valence-corrected chi connectivity index (χ2v) is 3.73. The Labute approximate surface area is 92.5 Å². The van der Waals surface area contributed by atoms with Crippen molar-refractivity contribution < 1.29 is 4.42 Å². The van der Waals surface area contributed by atoms with Gasteiger partial charge in [-0.25, -0.2) is 5.10 Å². The Bertz CT molecular complexity index is 498. The zero-order valence-electron chi connectivity index (χ0n) is 8.52. The van der Waals surface area contributed by atoms with E-state index < -0.39 is 0 Å². The van der Waals surface area contributed by atoms with Crippen molar-refractivity contribution in [3.05, 3.63) is 29.1 Å². The topological polar surface area (TPSA) is 45.1 Å². The van der Waals surface area contributed by atoms with Gasteiger partial charge in [0.2, 0.25) is 5.89 Å². The third-order valence-corrected chi connectivity index (χ3v) is 2.24. The van der Waals surface area contributed by atoms with Crippen LogP contribution in [0.4, 0.5) is 5.69 Å². The number of hydrogen-bond donors (Lipinski definition) is 1. The first-order valence-corrected chi connectivity index (χ1v) is 4.91. The van der Waals surface area contributed by atoms with Crippen LogP contribution in [0.25, 0.3) is 11.5 Å². The molecule has 0 aliphatic heterocycles. The lowest BCUT2D eigenvalue weighted by Crippen LogP contribution is -2.07. The van der Waals surface area contributed by atoms with Gasteiger partial charge in [0, 0.05) is 25.3 Å². The molecular formula is C10H11N3OS. The Morgan fingerprint density at radius 3 is 2.40 bits per heavy atom. The highest BCUT2D eigenvalue weighted by Crippen LogP contribution is 2.20. The Balaban J connectivity index is 2.35. The Hall–Kier alpha value is -1.62. The van der Waals surface area contributed by atoms with Crippen molar-refractivity contribution in [2.45, 2.75) is 0 Å². The normalized spacial score (nSPS) is 10.3. The maximum absolute atomic E-state index is 5.20. The van der Waals surface area contributed by atoms with Crippen LogP contribution >= 0.6 is 12.2 Å². The third kappa shape index (κ3) is 2.07. The average molecular weight is 221 g/mol. The molecule has 0 fully saturated rings. The van der Waals surface area contributed by atoms with Crippen LogP contribution in [-0.2, 0) is 0 Å². The summed E-state index contributed by atoms with van der Waals surface area (Å²) in [4.78, 5) is 2.32. The monoisotopic (exact) mass is 221 g/mol. The van der Waals surface area contributed by atoms with Gasteiger partial charge in [0.15, 0.2) is 0 Å². The highest BCUT2D eigenvalue weighted by molar-refractivity contribution is 7.71. The molecule has 0 saturated heterocycles. The van der Waals surface area contributed by atoms with E-state index in [2.05, 4.69) is 10.2 Å². The molecule has 2 aromatic rings. The molecule has 0 aliphatic rings. The van der Waals surface area contributed by atoms with E-state index in [0.717, 1.165) is 11.3 Å². The van der Waals surface area contributed by atoms with Gasteiger partial charge >= 0.3 is 0 Å². The quantitative estimate of drug-likeness (QED) is 0.791. The second-order valence-electron chi connectivity index (χ2n) is 3.36. The fourth-order valence-electron chi connectivity index (χ4n) is 1.26. The summed E-state index contributed by atoms with van der Waals surface area (Å²) in [6.45, 7) is 0. The summed E-state index contributed by atoms with van der Waals surface area (Å²) in [5.41, 5.74) is 2.04. The molecule has 2 rings (SSSR count). The third-order valence-electron chi connectivity index (χ3n) is 2.07. The SMILES string of the molecule is CN(C)c1ccc(-c2n[nH]c(=S)o2)cc1. The van der Waals surface area contributed by atoms with E-state index in [1.165, 1.54) is 0 Å². The first-order chi connectivity index (χ1) is 7.16. The van der Waals surface area contributed by atoms with Crippen LogP contribution in [0.15, 0.2) is 28.7 Å². The van der Waals surface area contributed by atoms with Gasteiger partial charge in [-0.2, -0.15) is 0 Å². The van der Waals surface area contributed by atoms with Gasteiger partial charge in [-0.1, -0.05) is 0 Å². The van der Waals surface area contributed by atoms with E-state index in [9.17, 15) is 0 Å². The van der Waals surface area contributed by atoms with Crippen molar-refractivity contribution in [2.75, 3.05) is 19.0 Å². The van der Waals surface area contributed by atoms with Crippen LogP contribution in [0.5, 0.6) is 0 Å². The number of aromatic nitrogens is 2. The van der Waals surface area contributed by atoms with Gasteiger partial charge in [0.25, 0.3) is 4.84 Å². The van der Waals surface area contributed by atoms with Crippen molar-refractivity contribution in [2.24, 2.45) is 0 Å². The maximum Gasteiger partial charge on any atom is 0.284 e. The summed E-state index contributed by atoms with van der Waals surface area (Å²) in [5.74, 6) is 0.519. The minimum absolute atomic E-state index is 0.293. The van der Waals surface area contributed by atoms with E-state index in [1.54, 1.807) is 0 Å². The van der Waals surface area contributed by atoms with Gasteiger partial charge in [0.1, 0.15) is 0 Å². The van der Waals surface area contributed by atoms with E-state index in [4.69, 9.17) is 16.6 Å². The summed E-state index contributed by atoms with van der Waals surface area (Å²) in [6, 6.07) is 7.90. The molecular weight excluding hydrogens is 210 g/mol. The molecule has 15 heavy (non-hydrogen) atoms. The van der Waals surface area contributed by atoms with Crippen LogP contribution in [-0.4, -0.2) is 24.3 Å². The van der Waals surface area contributed by atoms with E-state index in [1.807, 2.05) is 43.3 Å². The lowest BCUT2D eigenvalue weighted by molar-refractivity contribution is 0.552. The Morgan fingerprint density at radius 1 is 1.27 bits per heavy atom. The van der Waals surface area contributed by atoms with Gasteiger partial charge in [0.05, 0.1) is 0 Å². The number of nitrogens with zero attached hydrogens (tertiary/aromatic N) is 2. The summed E-state index contributed by atoms with van der Waals surface area (Å²) in [6.07, 6.45) is 0. The zero-order valence-corrected chi connectivity index (χ0v) is 9.34. The highest BCUT2D eigenvalue weighted by Gasteiger charge is 2.03. The van der Waals surface area contributed by atoms with Crippen LogP contribution in [0.1, 0.15) is 0 Å². The van der Waals surface area contributed by atoms with Gasteiger partial charge < -0.3 is 9.32 Å². The number of aromatic amines is 1. The molecule has 4 nitrogen and oxygen atoms in total. The molecule has 0 amide bonds.